The van der Waals surface area contributed by atoms with E-state index < -0.39 is 10.0 Å². The summed E-state index contributed by atoms with van der Waals surface area (Å²) in [6.45, 7) is 3.83. The van der Waals surface area contributed by atoms with E-state index in [1.54, 1.807) is 26.2 Å². The molecule has 0 spiro atoms. The molecule has 124 valence electrons. The third-order valence-electron chi connectivity index (χ3n) is 4.33. The fourth-order valence-electron chi connectivity index (χ4n) is 3.06. The zero-order chi connectivity index (χ0) is 16.3. The Balaban J connectivity index is 2.20. The van der Waals surface area contributed by atoms with E-state index in [-0.39, 0.29) is 6.04 Å². The number of nitrogens with two attached hydrogens (primary N) is 1. The molecule has 0 aliphatic carbocycles. The largest absolute Gasteiger partial charge is 0.327 e. The van der Waals surface area contributed by atoms with Crippen molar-refractivity contribution in [2.75, 3.05) is 20.6 Å². The van der Waals surface area contributed by atoms with Gasteiger partial charge in [-0.3, -0.25) is 4.90 Å². The van der Waals surface area contributed by atoms with Gasteiger partial charge in [0.1, 0.15) is 0 Å². The molecule has 1 heterocycles. The first-order chi connectivity index (χ1) is 10.3. The topological polar surface area (TPSA) is 66.6 Å². The van der Waals surface area contributed by atoms with Gasteiger partial charge in [0.05, 0.1) is 4.90 Å². The summed E-state index contributed by atoms with van der Waals surface area (Å²) in [6, 6.07) is 7.75. The van der Waals surface area contributed by atoms with Crippen LogP contribution in [0.3, 0.4) is 0 Å². The zero-order valence-corrected chi connectivity index (χ0v) is 14.5. The maximum absolute atomic E-state index is 12.2. The van der Waals surface area contributed by atoms with Crippen molar-refractivity contribution in [3.05, 3.63) is 29.8 Å². The van der Waals surface area contributed by atoms with Crippen LogP contribution in [0.4, 0.5) is 0 Å². The molecule has 2 rings (SSSR count). The molecule has 1 fully saturated rings. The summed E-state index contributed by atoms with van der Waals surface area (Å²) >= 11 is 0. The van der Waals surface area contributed by atoms with Gasteiger partial charge < -0.3 is 5.73 Å². The van der Waals surface area contributed by atoms with Crippen LogP contribution in [-0.4, -0.2) is 50.3 Å². The third-order valence-corrected chi connectivity index (χ3v) is 6.14. The van der Waals surface area contributed by atoms with E-state index in [1.165, 1.54) is 17.1 Å². The molecule has 0 saturated carbocycles. The number of hydrogen-bond acceptors (Lipinski definition) is 4. The lowest BCUT2D eigenvalue weighted by molar-refractivity contribution is 0.123. The molecule has 1 aromatic rings. The summed E-state index contributed by atoms with van der Waals surface area (Å²) in [4.78, 5) is 2.74. The highest BCUT2D eigenvalue weighted by Crippen LogP contribution is 2.23. The standard InChI is InChI=1S/C16H27N3O2S/c1-13(17)16-9-4-5-10-19(16)12-14-7-6-8-15(11-14)22(20,21)18(2)3/h6-8,11,13,16H,4-5,9-10,12,17H2,1-3H3. The van der Waals surface area contributed by atoms with Crippen LogP contribution in [0, 0.1) is 0 Å². The molecule has 1 saturated heterocycles. The summed E-state index contributed by atoms with van der Waals surface area (Å²) in [7, 11) is -0.271. The van der Waals surface area contributed by atoms with Crippen LogP contribution >= 0.6 is 0 Å². The van der Waals surface area contributed by atoms with E-state index in [4.69, 9.17) is 5.73 Å². The first kappa shape index (κ1) is 17.4. The van der Waals surface area contributed by atoms with Gasteiger partial charge in [-0.15, -0.1) is 0 Å². The summed E-state index contributed by atoms with van der Waals surface area (Å²) in [6.07, 6.45) is 3.52. The molecule has 2 atom stereocenters. The normalized spacial score (nSPS) is 22.0. The van der Waals surface area contributed by atoms with Crippen molar-refractivity contribution in [1.29, 1.82) is 0 Å². The molecule has 22 heavy (non-hydrogen) atoms. The van der Waals surface area contributed by atoms with Crippen LogP contribution in [-0.2, 0) is 16.6 Å². The van der Waals surface area contributed by atoms with Gasteiger partial charge in [0.15, 0.2) is 0 Å². The Kier molecular flexibility index (Phi) is 5.60. The Morgan fingerprint density at radius 3 is 2.73 bits per heavy atom. The molecule has 1 aromatic carbocycles. The summed E-state index contributed by atoms with van der Waals surface area (Å²) in [5.41, 5.74) is 7.13. The Labute approximate surface area is 134 Å². The number of rotatable bonds is 5. The first-order valence-electron chi connectivity index (χ1n) is 7.83. The quantitative estimate of drug-likeness (QED) is 0.894. The van der Waals surface area contributed by atoms with Gasteiger partial charge in [-0.2, -0.15) is 0 Å². The summed E-state index contributed by atoms with van der Waals surface area (Å²) < 4.78 is 25.7. The average Bonchev–Trinajstić information content (AvgIpc) is 2.47. The Bertz CT molecular complexity index is 599. The fraction of sp³-hybridized carbons (Fsp3) is 0.625. The van der Waals surface area contributed by atoms with Crippen LogP contribution < -0.4 is 5.73 Å². The number of sulfonamides is 1. The molecule has 2 N–H and O–H groups in total. The predicted octanol–water partition coefficient (Wildman–Crippen LogP) is 1.64. The van der Waals surface area contributed by atoms with Gasteiger partial charge in [-0.25, -0.2) is 12.7 Å². The molecular weight excluding hydrogens is 298 g/mol. The highest BCUT2D eigenvalue weighted by atomic mass is 32.2. The summed E-state index contributed by atoms with van der Waals surface area (Å²) in [5, 5.41) is 0. The Hall–Kier alpha value is -0.950. The highest BCUT2D eigenvalue weighted by molar-refractivity contribution is 7.89. The van der Waals surface area contributed by atoms with E-state index >= 15 is 0 Å². The molecule has 6 heteroatoms. The predicted molar refractivity (Wildman–Crippen MR) is 89.0 cm³/mol. The third kappa shape index (κ3) is 3.87. The van der Waals surface area contributed by atoms with Gasteiger partial charge in [0, 0.05) is 32.7 Å². The minimum Gasteiger partial charge on any atom is -0.327 e. The monoisotopic (exact) mass is 325 g/mol. The highest BCUT2D eigenvalue weighted by Gasteiger charge is 2.25. The summed E-state index contributed by atoms with van der Waals surface area (Å²) in [5.74, 6) is 0. The van der Waals surface area contributed by atoms with Gasteiger partial charge in [-0.1, -0.05) is 18.6 Å². The molecule has 2 unspecified atom stereocenters. The van der Waals surface area contributed by atoms with E-state index in [0.717, 1.165) is 25.1 Å². The number of piperidine rings is 1. The van der Waals surface area contributed by atoms with Crippen molar-refractivity contribution in [1.82, 2.24) is 9.21 Å². The molecule has 1 aliphatic heterocycles. The second-order valence-corrected chi connectivity index (χ2v) is 8.48. The van der Waals surface area contributed by atoms with Crippen molar-refractivity contribution in [3.8, 4) is 0 Å². The second-order valence-electron chi connectivity index (χ2n) is 6.33. The van der Waals surface area contributed by atoms with Gasteiger partial charge in [0.2, 0.25) is 10.0 Å². The molecule has 5 nitrogen and oxygen atoms in total. The van der Waals surface area contributed by atoms with Gasteiger partial charge >= 0.3 is 0 Å². The number of benzene rings is 1. The van der Waals surface area contributed by atoms with E-state index in [9.17, 15) is 8.42 Å². The maximum Gasteiger partial charge on any atom is 0.242 e. The van der Waals surface area contributed by atoms with Crippen molar-refractivity contribution >= 4 is 10.0 Å². The molecule has 0 radical (unpaired) electrons. The minimum absolute atomic E-state index is 0.133. The van der Waals surface area contributed by atoms with Crippen LogP contribution in [0.25, 0.3) is 0 Å². The van der Waals surface area contributed by atoms with Crippen molar-refractivity contribution in [3.63, 3.8) is 0 Å². The second kappa shape index (κ2) is 7.08. The first-order valence-corrected chi connectivity index (χ1v) is 9.27. The minimum atomic E-state index is -3.38. The fourth-order valence-corrected chi connectivity index (χ4v) is 4.03. The van der Waals surface area contributed by atoms with Crippen LogP contribution in [0.15, 0.2) is 29.2 Å². The molecule has 0 bridgehead atoms. The lowest BCUT2D eigenvalue weighted by Gasteiger charge is -2.38. The van der Waals surface area contributed by atoms with Crippen molar-refractivity contribution in [2.24, 2.45) is 5.73 Å². The molecule has 0 amide bonds. The number of hydrogen-bond donors (Lipinski definition) is 1. The van der Waals surface area contributed by atoms with Crippen molar-refractivity contribution < 1.29 is 8.42 Å². The van der Waals surface area contributed by atoms with Crippen LogP contribution in [0.5, 0.6) is 0 Å². The Morgan fingerprint density at radius 2 is 2.09 bits per heavy atom. The zero-order valence-electron chi connectivity index (χ0n) is 13.7. The average molecular weight is 325 g/mol. The number of likely N-dealkylation sites (tertiary alicyclic amines) is 1. The smallest absolute Gasteiger partial charge is 0.242 e. The lowest BCUT2D eigenvalue weighted by Crippen LogP contribution is -2.48. The van der Waals surface area contributed by atoms with E-state index in [1.807, 2.05) is 12.1 Å². The molecule has 0 aromatic heterocycles. The lowest BCUT2D eigenvalue weighted by atomic mass is 9.96. The number of nitrogens with zero attached hydrogens (tertiary/aromatic N) is 2. The molecule has 1 aliphatic rings. The SMILES string of the molecule is CC(N)C1CCCCN1Cc1cccc(S(=O)(=O)N(C)C)c1. The van der Waals surface area contributed by atoms with Crippen molar-refractivity contribution in [2.45, 2.75) is 49.7 Å². The van der Waals surface area contributed by atoms with Crippen LogP contribution in [0.1, 0.15) is 31.7 Å². The van der Waals surface area contributed by atoms with Crippen LogP contribution in [0.2, 0.25) is 0 Å². The van der Waals surface area contributed by atoms with Gasteiger partial charge in [0.25, 0.3) is 0 Å². The maximum atomic E-state index is 12.2. The van der Waals surface area contributed by atoms with E-state index in [0.29, 0.717) is 10.9 Å². The van der Waals surface area contributed by atoms with E-state index in [2.05, 4.69) is 11.8 Å². The van der Waals surface area contributed by atoms with Gasteiger partial charge in [-0.05, 0) is 44.0 Å². The Morgan fingerprint density at radius 1 is 1.36 bits per heavy atom. The molecular formula is C16H27N3O2S.